The second-order valence-electron chi connectivity index (χ2n) is 14.8. The molecule has 1 fully saturated rings. The minimum Gasteiger partial charge on any atom is -0.493 e. The Labute approximate surface area is 342 Å². The maximum Gasteiger partial charge on any atom is 0.279 e. The van der Waals surface area contributed by atoms with E-state index in [1.165, 1.54) is 4.57 Å². The predicted molar refractivity (Wildman–Crippen MR) is 226 cm³/mol. The van der Waals surface area contributed by atoms with Crippen molar-refractivity contribution in [2.45, 2.75) is 38.6 Å². The lowest BCUT2D eigenvalue weighted by atomic mass is 10.1. The molecule has 4 aromatic heterocycles. The van der Waals surface area contributed by atoms with Crippen LogP contribution in [-0.4, -0.2) is 78.4 Å². The summed E-state index contributed by atoms with van der Waals surface area (Å²) in [7, 11) is 3.43. The molecule has 0 aliphatic carbocycles. The molecule has 59 heavy (non-hydrogen) atoms. The van der Waals surface area contributed by atoms with Crippen LogP contribution >= 0.6 is 11.3 Å². The quantitative estimate of drug-likeness (QED) is 0.0555. The van der Waals surface area contributed by atoms with Gasteiger partial charge in [-0.2, -0.15) is 0 Å². The first-order valence-electron chi connectivity index (χ1n) is 18.9. The number of nitrogens with one attached hydrogen (secondary N) is 2. The highest BCUT2D eigenvalue weighted by molar-refractivity contribution is 7.14. The topological polar surface area (TPSA) is 188 Å². The monoisotopic (exact) mass is 811 g/mol. The van der Waals surface area contributed by atoms with Crippen LogP contribution in [-0.2, 0) is 25.3 Å². The number of Topliss-reactive ketones (excluding diaryl/α,β-unsaturated/α-hetero) is 1. The first kappa shape index (κ1) is 38.8. The van der Waals surface area contributed by atoms with E-state index < -0.39 is 5.91 Å². The Hall–Kier alpha value is -7.07. The molecule has 0 radical (unpaired) electrons. The van der Waals surface area contributed by atoms with E-state index in [1.54, 1.807) is 94.7 Å². The van der Waals surface area contributed by atoms with E-state index in [1.807, 2.05) is 19.1 Å². The van der Waals surface area contributed by atoms with Crippen LogP contribution in [0.4, 0.5) is 22.2 Å². The maximum absolute atomic E-state index is 13.4. The summed E-state index contributed by atoms with van der Waals surface area (Å²) in [6, 6.07) is 13.9. The standard InChI is InChI=1S/C43H41N9O6S/c1-24-12-30-19-45-32-18-38(25(2)13-31(32)41(56)52(30)20-24)58-11-5-6-39(54)48-43-47-33(23-59-43)37(53)15-26-14-35(49(3)21-26)40(55)46-29-17-36(50(4)22-29)42(57)51-10-9-27-7-8-28(44)16-34(27)51/h7-10,13-14,16-19,21-23,30H,1,5-6,11-12,15,20,44H2,2-4H3,(H,46,55)(H,47,48,54)/t30-/m0/s1. The number of nitrogens with zero attached hydrogens (tertiary/aromatic N) is 6. The molecule has 1 atom stereocenters. The van der Waals surface area contributed by atoms with Crippen LogP contribution in [0, 0.1) is 6.92 Å². The first-order valence-corrected chi connectivity index (χ1v) is 19.8. The highest BCUT2D eigenvalue weighted by atomic mass is 32.1. The number of thiazole rings is 1. The van der Waals surface area contributed by atoms with E-state index in [4.69, 9.17) is 10.5 Å². The van der Waals surface area contributed by atoms with Gasteiger partial charge in [0.15, 0.2) is 10.9 Å². The van der Waals surface area contributed by atoms with Gasteiger partial charge < -0.3 is 35.1 Å². The third kappa shape index (κ3) is 7.94. The van der Waals surface area contributed by atoms with Gasteiger partial charge in [0, 0.05) is 80.8 Å². The summed E-state index contributed by atoms with van der Waals surface area (Å²) in [6.45, 7) is 6.69. The zero-order valence-electron chi connectivity index (χ0n) is 32.7. The van der Waals surface area contributed by atoms with Gasteiger partial charge in [-0.15, -0.1) is 11.3 Å². The van der Waals surface area contributed by atoms with Crippen LogP contribution in [0.15, 0.2) is 89.6 Å². The number of anilines is 3. The van der Waals surface area contributed by atoms with Crippen LogP contribution in [0.3, 0.4) is 0 Å². The van der Waals surface area contributed by atoms with Crippen LogP contribution in [0.2, 0.25) is 0 Å². The molecule has 8 rings (SSSR count). The van der Waals surface area contributed by atoms with Crippen molar-refractivity contribution in [3.63, 3.8) is 0 Å². The van der Waals surface area contributed by atoms with Crippen LogP contribution in [0.1, 0.15) is 72.2 Å². The van der Waals surface area contributed by atoms with E-state index in [2.05, 4.69) is 27.2 Å². The Kier molecular flexibility index (Phi) is 10.3. The predicted octanol–water partition coefficient (Wildman–Crippen LogP) is 6.32. The Morgan fingerprint density at radius 2 is 1.83 bits per heavy atom. The number of fused-ring (bicyclic) bond motifs is 3. The maximum atomic E-state index is 13.4. The van der Waals surface area contributed by atoms with Crippen LogP contribution in [0.25, 0.3) is 10.9 Å². The van der Waals surface area contributed by atoms with Gasteiger partial charge in [0.25, 0.3) is 17.7 Å². The first-order chi connectivity index (χ1) is 28.3. The van der Waals surface area contributed by atoms with Gasteiger partial charge in [-0.3, -0.25) is 33.5 Å². The number of nitrogen functional groups attached to an aromatic ring is 1. The second kappa shape index (κ2) is 15.7. The van der Waals surface area contributed by atoms with E-state index >= 15 is 0 Å². The van der Waals surface area contributed by atoms with Gasteiger partial charge >= 0.3 is 0 Å². The molecule has 4 N–H and O–H groups in total. The van der Waals surface area contributed by atoms with Crippen molar-refractivity contribution < 1.29 is 28.7 Å². The number of hydrogen-bond acceptors (Lipinski definition) is 10. The minimum absolute atomic E-state index is 0.00885. The molecule has 3 amide bonds. The summed E-state index contributed by atoms with van der Waals surface area (Å²) in [5.41, 5.74) is 12.0. The third-order valence-electron chi connectivity index (χ3n) is 10.4. The molecular formula is C43H41N9O6S. The minimum atomic E-state index is -0.412. The fourth-order valence-corrected chi connectivity index (χ4v) is 8.12. The number of nitrogens with two attached hydrogens (primary N) is 1. The van der Waals surface area contributed by atoms with E-state index in [9.17, 15) is 24.0 Å². The zero-order valence-corrected chi connectivity index (χ0v) is 33.5. The summed E-state index contributed by atoms with van der Waals surface area (Å²) in [5, 5.41) is 8.38. The lowest BCUT2D eigenvalue weighted by Gasteiger charge is -2.20. The van der Waals surface area contributed by atoms with Gasteiger partial charge in [-0.1, -0.05) is 18.2 Å². The summed E-state index contributed by atoms with van der Waals surface area (Å²) in [5.74, 6) is -0.701. The lowest BCUT2D eigenvalue weighted by molar-refractivity contribution is -0.116. The van der Waals surface area contributed by atoms with Gasteiger partial charge in [-0.05, 0) is 67.3 Å². The number of amides is 3. The number of carbonyl (C=O) groups is 5. The number of hydrogen-bond donors (Lipinski definition) is 3. The molecule has 1 saturated heterocycles. The van der Waals surface area contributed by atoms with Crippen LogP contribution < -0.4 is 21.1 Å². The van der Waals surface area contributed by atoms with Gasteiger partial charge in [-0.25, -0.2) is 4.98 Å². The number of carbonyl (C=O) groups excluding carboxylic acids is 5. The summed E-state index contributed by atoms with van der Waals surface area (Å²) < 4.78 is 10.8. The van der Waals surface area contributed by atoms with Gasteiger partial charge in [0.05, 0.1) is 35.1 Å². The zero-order chi connectivity index (χ0) is 41.5. The number of benzene rings is 2. The Balaban J connectivity index is 0.816. The number of rotatable bonds is 12. The summed E-state index contributed by atoms with van der Waals surface area (Å²) in [4.78, 5) is 76.6. The van der Waals surface area contributed by atoms with Crippen molar-refractivity contribution in [2.24, 2.45) is 19.1 Å². The molecule has 16 heteroatoms. The molecule has 6 aromatic rings. The Bertz CT molecular complexity index is 2750. The highest BCUT2D eigenvalue weighted by Gasteiger charge is 2.34. The van der Waals surface area contributed by atoms with Crippen molar-refractivity contribution in [1.29, 1.82) is 0 Å². The fraction of sp³-hybridized carbons (Fsp3) is 0.233. The molecule has 2 aromatic carbocycles. The third-order valence-corrected chi connectivity index (χ3v) is 11.1. The lowest BCUT2D eigenvalue weighted by Crippen LogP contribution is -2.35. The number of ketones is 1. The molecule has 0 spiro atoms. The molecule has 0 saturated carbocycles. The Morgan fingerprint density at radius 1 is 1.02 bits per heavy atom. The molecule has 0 unspecified atom stereocenters. The van der Waals surface area contributed by atoms with Crippen molar-refractivity contribution in [1.82, 2.24) is 23.6 Å². The van der Waals surface area contributed by atoms with E-state index in [0.29, 0.717) is 75.4 Å². The van der Waals surface area contributed by atoms with E-state index in [0.717, 1.165) is 27.9 Å². The smallest absolute Gasteiger partial charge is 0.279 e. The number of aryl methyl sites for hydroxylation is 3. The largest absolute Gasteiger partial charge is 0.493 e. The number of aromatic nitrogens is 4. The molecule has 0 bridgehead atoms. The molecular weight excluding hydrogens is 771 g/mol. The van der Waals surface area contributed by atoms with Gasteiger partial charge in [0.1, 0.15) is 22.8 Å². The Morgan fingerprint density at radius 3 is 2.66 bits per heavy atom. The molecule has 6 heterocycles. The average molecular weight is 812 g/mol. The van der Waals surface area contributed by atoms with Crippen molar-refractivity contribution in [3.05, 3.63) is 118 Å². The molecule has 2 aliphatic heterocycles. The summed E-state index contributed by atoms with van der Waals surface area (Å²) in [6.07, 6.45) is 8.13. The van der Waals surface area contributed by atoms with Crippen molar-refractivity contribution in [3.8, 4) is 5.75 Å². The van der Waals surface area contributed by atoms with Crippen LogP contribution in [0.5, 0.6) is 5.75 Å². The number of ether oxygens (including phenoxy) is 1. The van der Waals surface area contributed by atoms with Crippen molar-refractivity contribution >= 4 is 80.1 Å². The molecule has 300 valence electrons. The van der Waals surface area contributed by atoms with E-state index in [-0.39, 0.29) is 54.7 Å². The number of aliphatic imine (C=N–C) groups is 1. The normalized spacial score (nSPS) is 14.6. The average Bonchev–Trinajstić information content (AvgIpc) is 4.03. The second-order valence-corrected chi connectivity index (χ2v) is 15.7. The highest BCUT2D eigenvalue weighted by Crippen LogP contribution is 2.35. The summed E-state index contributed by atoms with van der Waals surface area (Å²) >= 11 is 1.15. The van der Waals surface area contributed by atoms with Crippen molar-refractivity contribution in [2.75, 3.05) is 29.5 Å². The SMILES string of the molecule is C=C1C[C@H]2C=Nc3cc(OCCCC(=O)Nc4nc(C(=O)Cc5cc(C(=O)Nc6cc(C(=O)n7ccc8ccc(N)cc87)n(C)c6)n(C)c5)cs4)c(C)cc3C(=O)N2C1. The fourth-order valence-electron chi connectivity index (χ4n) is 7.39. The van der Waals surface area contributed by atoms with Gasteiger partial charge in [0.2, 0.25) is 5.91 Å². The molecule has 2 aliphatic rings. The molecule has 15 nitrogen and oxygen atoms in total.